The van der Waals surface area contributed by atoms with Crippen LogP contribution in [0.5, 0.6) is 0 Å². The summed E-state index contributed by atoms with van der Waals surface area (Å²) in [5.74, 6) is 1.60. The largest absolute Gasteiger partial charge is 0.408 e. The molecular weight excluding hydrogens is 422 g/mol. The maximum Gasteiger partial charge on any atom is 0.322 e. The van der Waals surface area contributed by atoms with Gasteiger partial charge in [-0.05, 0) is 29.9 Å². The van der Waals surface area contributed by atoms with Gasteiger partial charge in [0.1, 0.15) is 0 Å². The molecule has 3 aromatic rings. The number of carbonyl (C=O) groups excluding carboxylic acids is 1. The van der Waals surface area contributed by atoms with Crippen LogP contribution in [0, 0.1) is 0 Å². The number of nitrogens with one attached hydrogen (secondary N) is 1. The van der Waals surface area contributed by atoms with E-state index in [0.29, 0.717) is 6.42 Å². The van der Waals surface area contributed by atoms with Gasteiger partial charge in [-0.25, -0.2) is 8.42 Å². The fourth-order valence-electron chi connectivity index (χ4n) is 2.65. The quantitative estimate of drug-likeness (QED) is 0.449. The van der Waals surface area contributed by atoms with E-state index in [4.69, 9.17) is 4.42 Å². The van der Waals surface area contributed by atoms with Crippen molar-refractivity contribution in [3.8, 4) is 0 Å². The summed E-state index contributed by atoms with van der Waals surface area (Å²) in [5, 5.41) is 10.1. The van der Waals surface area contributed by atoms with Crippen molar-refractivity contribution in [2.45, 2.75) is 29.9 Å². The van der Waals surface area contributed by atoms with E-state index < -0.39 is 9.84 Å². The topological polar surface area (TPSA) is 102 Å². The van der Waals surface area contributed by atoms with E-state index in [1.54, 1.807) is 42.1 Å². The standard InChI is InChI=1S/C21H23N3O4S2/c25-19(12-7-14-29-16-17-8-3-1-4-9-17)22-21-24-23-20(28-21)13-15-30(26,27)18-10-5-2-6-11-18/h1-6,8-11H,7,12-16H2,(H,22,24,25). The number of rotatable bonds is 11. The van der Waals surface area contributed by atoms with Crippen LogP contribution < -0.4 is 5.32 Å². The van der Waals surface area contributed by atoms with Crippen molar-refractivity contribution in [1.82, 2.24) is 10.2 Å². The average molecular weight is 446 g/mol. The van der Waals surface area contributed by atoms with Crippen LogP contribution in [0.25, 0.3) is 0 Å². The van der Waals surface area contributed by atoms with Crippen molar-refractivity contribution in [3.05, 3.63) is 72.1 Å². The lowest BCUT2D eigenvalue weighted by Gasteiger charge is -2.03. The SMILES string of the molecule is O=C(CCCSCc1ccccc1)Nc1nnc(CCS(=O)(=O)c2ccccc2)o1. The van der Waals surface area contributed by atoms with Crippen molar-refractivity contribution in [2.75, 3.05) is 16.8 Å². The summed E-state index contributed by atoms with van der Waals surface area (Å²) in [5.41, 5.74) is 1.26. The van der Waals surface area contributed by atoms with Gasteiger partial charge < -0.3 is 4.42 Å². The Hall–Kier alpha value is -2.65. The van der Waals surface area contributed by atoms with Crippen LogP contribution in [-0.2, 0) is 26.8 Å². The second-order valence-corrected chi connectivity index (χ2v) is 9.79. The van der Waals surface area contributed by atoms with Crippen molar-refractivity contribution < 1.29 is 17.6 Å². The zero-order chi connectivity index (χ0) is 21.2. The van der Waals surface area contributed by atoms with E-state index in [9.17, 15) is 13.2 Å². The van der Waals surface area contributed by atoms with Gasteiger partial charge in [-0.15, -0.1) is 5.10 Å². The van der Waals surface area contributed by atoms with Gasteiger partial charge in [0.15, 0.2) is 9.84 Å². The number of hydrogen-bond donors (Lipinski definition) is 1. The molecule has 0 spiro atoms. The lowest BCUT2D eigenvalue weighted by Crippen LogP contribution is -2.11. The van der Waals surface area contributed by atoms with Crippen molar-refractivity contribution in [3.63, 3.8) is 0 Å². The minimum Gasteiger partial charge on any atom is -0.408 e. The molecule has 1 aromatic heterocycles. The zero-order valence-electron chi connectivity index (χ0n) is 16.4. The molecule has 0 unspecified atom stereocenters. The number of carbonyl (C=O) groups is 1. The molecule has 30 heavy (non-hydrogen) atoms. The number of hydrogen-bond acceptors (Lipinski definition) is 7. The first kappa shape index (κ1) is 22.0. The molecule has 1 N–H and O–H groups in total. The molecule has 0 aliphatic rings. The minimum absolute atomic E-state index is 0.0101. The lowest BCUT2D eigenvalue weighted by molar-refractivity contribution is -0.116. The Labute approximate surface area is 180 Å². The molecule has 3 rings (SSSR count). The maximum absolute atomic E-state index is 12.3. The van der Waals surface area contributed by atoms with Gasteiger partial charge in [0, 0.05) is 18.6 Å². The van der Waals surface area contributed by atoms with Crippen molar-refractivity contribution in [1.29, 1.82) is 0 Å². The molecule has 7 nitrogen and oxygen atoms in total. The van der Waals surface area contributed by atoms with E-state index in [1.165, 1.54) is 5.56 Å². The highest BCUT2D eigenvalue weighted by Crippen LogP contribution is 2.15. The molecule has 0 aliphatic heterocycles. The number of aryl methyl sites for hydroxylation is 1. The first-order valence-electron chi connectivity index (χ1n) is 9.55. The molecule has 0 saturated heterocycles. The van der Waals surface area contributed by atoms with Crippen LogP contribution >= 0.6 is 11.8 Å². The van der Waals surface area contributed by atoms with Crippen LogP contribution in [0.3, 0.4) is 0 Å². The van der Waals surface area contributed by atoms with E-state index in [-0.39, 0.29) is 34.9 Å². The first-order chi connectivity index (χ1) is 14.5. The van der Waals surface area contributed by atoms with Gasteiger partial charge in [0.2, 0.25) is 11.8 Å². The third kappa shape index (κ3) is 7.00. The van der Waals surface area contributed by atoms with Crippen LogP contribution in [0.15, 0.2) is 70.0 Å². The van der Waals surface area contributed by atoms with Gasteiger partial charge in [0.05, 0.1) is 10.6 Å². The minimum atomic E-state index is -3.43. The van der Waals surface area contributed by atoms with Crippen LogP contribution in [0.1, 0.15) is 24.3 Å². The molecular formula is C21H23N3O4S2. The van der Waals surface area contributed by atoms with Gasteiger partial charge in [0.25, 0.3) is 0 Å². The second kappa shape index (κ2) is 10.9. The smallest absolute Gasteiger partial charge is 0.322 e. The van der Waals surface area contributed by atoms with Gasteiger partial charge in [-0.1, -0.05) is 53.6 Å². The Balaban J connectivity index is 1.37. The Morgan fingerprint density at radius 3 is 2.43 bits per heavy atom. The molecule has 1 amide bonds. The van der Waals surface area contributed by atoms with E-state index in [2.05, 4.69) is 27.6 Å². The van der Waals surface area contributed by atoms with Gasteiger partial charge >= 0.3 is 6.01 Å². The third-order valence-electron chi connectivity index (χ3n) is 4.20. The molecule has 0 radical (unpaired) electrons. The molecule has 0 fully saturated rings. The molecule has 2 aromatic carbocycles. The highest BCUT2D eigenvalue weighted by atomic mass is 32.2. The highest BCUT2D eigenvalue weighted by Gasteiger charge is 2.17. The lowest BCUT2D eigenvalue weighted by atomic mass is 10.2. The summed E-state index contributed by atoms with van der Waals surface area (Å²) in [4.78, 5) is 12.3. The van der Waals surface area contributed by atoms with E-state index in [1.807, 2.05) is 18.2 Å². The van der Waals surface area contributed by atoms with Crippen LogP contribution in [0.2, 0.25) is 0 Å². The zero-order valence-corrected chi connectivity index (χ0v) is 18.0. The summed E-state index contributed by atoms with van der Waals surface area (Å²) in [7, 11) is -3.43. The first-order valence-corrected chi connectivity index (χ1v) is 12.4. The Kier molecular flexibility index (Phi) is 8.04. The summed E-state index contributed by atoms with van der Waals surface area (Å²) < 4.78 is 29.9. The number of anilines is 1. The molecule has 9 heteroatoms. The summed E-state index contributed by atoms with van der Waals surface area (Å²) in [6.45, 7) is 0. The number of amides is 1. The van der Waals surface area contributed by atoms with E-state index in [0.717, 1.165) is 17.9 Å². The number of nitrogens with zero attached hydrogens (tertiary/aromatic N) is 2. The second-order valence-electron chi connectivity index (χ2n) is 6.57. The Morgan fingerprint density at radius 1 is 1.00 bits per heavy atom. The predicted molar refractivity (Wildman–Crippen MR) is 117 cm³/mol. The molecule has 1 heterocycles. The molecule has 0 bridgehead atoms. The van der Waals surface area contributed by atoms with Crippen molar-refractivity contribution >= 4 is 33.5 Å². The van der Waals surface area contributed by atoms with Crippen LogP contribution in [-0.4, -0.2) is 36.0 Å². The maximum atomic E-state index is 12.3. The van der Waals surface area contributed by atoms with Gasteiger partial charge in [-0.2, -0.15) is 11.8 Å². The van der Waals surface area contributed by atoms with Crippen LogP contribution in [0.4, 0.5) is 6.01 Å². The summed E-state index contributed by atoms with van der Waals surface area (Å²) in [6, 6.07) is 18.4. The number of thioether (sulfide) groups is 1. The van der Waals surface area contributed by atoms with E-state index >= 15 is 0 Å². The molecule has 158 valence electrons. The predicted octanol–water partition coefficient (Wildman–Crippen LogP) is 3.74. The number of aromatic nitrogens is 2. The monoisotopic (exact) mass is 445 g/mol. The normalized spacial score (nSPS) is 11.3. The van der Waals surface area contributed by atoms with Crippen molar-refractivity contribution in [2.24, 2.45) is 0 Å². The summed E-state index contributed by atoms with van der Waals surface area (Å²) >= 11 is 1.78. The Bertz CT molecular complexity index is 1040. The molecule has 0 aliphatic carbocycles. The Morgan fingerprint density at radius 2 is 1.70 bits per heavy atom. The molecule has 0 atom stereocenters. The third-order valence-corrected chi connectivity index (χ3v) is 7.05. The summed E-state index contributed by atoms with van der Waals surface area (Å²) in [6.07, 6.45) is 1.16. The fourth-order valence-corrected chi connectivity index (χ4v) is 4.83. The number of sulfone groups is 1. The average Bonchev–Trinajstić information content (AvgIpc) is 3.21. The fraction of sp³-hybridized carbons (Fsp3) is 0.286. The molecule has 0 saturated carbocycles. The number of benzene rings is 2. The van der Waals surface area contributed by atoms with Gasteiger partial charge in [-0.3, -0.25) is 10.1 Å². The highest BCUT2D eigenvalue weighted by molar-refractivity contribution is 7.98.